The Balaban J connectivity index is 1.50. The molecule has 2 N–H and O–H groups in total. The highest BCUT2D eigenvalue weighted by atomic mass is 32.1. The molecule has 0 atom stereocenters. The molecule has 0 bridgehead atoms. The molecule has 8 heteroatoms. The Morgan fingerprint density at radius 2 is 2.00 bits per heavy atom. The van der Waals surface area contributed by atoms with E-state index in [1.54, 1.807) is 7.05 Å². The van der Waals surface area contributed by atoms with E-state index in [9.17, 15) is 9.59 Å². The maximum absolute atomic E-state index is 12.4. The fourth-order valence-electron chi connectivity index (χ4n) is 3.26. The van der Waals surface area contributed by atoms with Gasteiger partial charge in [-0.1, -0.05) is 17.4 Å². The third-order valence-electron chi connectivity index (χ3n) is 4.91. The summed E-state index contributed by atoms with van der Waals surface area (Å²) in [6.45, 7) is 4.35. The fraction of sp³-hybridized carbons (Fsp3) is 0.526. The summed E-state index contributed by atoms with van der Waals surface area (Å²) in [6, 6.07) is 6.42. The highest BCUT2D eigenvalue weighted by Crippen LogP contribution is 2.26. The number of carbonyl (C=O) groups excluding carboxylic acids is 2. The van der Waals surface area contributed by atoms with Gasteiger partial charge >= 0.3 is 0 Å². The molecule has 1 aliphatic rings. The SMILES string of the molecule is Cc1ccc2nc(NC(=O)CN(C)C(=O)CN(C)C3CCNCC3)sc2c1. The summed E-state index contributed by atoms with van der Waals surface area (Å²) in [5.74, 6) is -0.280. The van der Waals surface area contributed by atoms with E-state index in [1.165, 1.54) is 16.2 Å². The van der Waals surface area contributed by atoms with Crippen molar-refractivity contribution in [2.75, 3.05) is 45.6 Å². The average molecular weight is 390 g/mol. The van der Waals surface area contributed by atoms with Crippen molar-refractivity contribution in [3.63, 3.8) is 0 Å². The molecule has 1 aliphatic heterocycles. The highest BCUT2D eigenvalue weighted by Gasteiger charge is 2.22. The Labute approximate surface area is 163 Å². The van der Waals surface area contributed by atoms with Crippen LogP contribution in [0.5, 0.6) is 0 Å². The van der Waals surface area contributed by atoms with Gasteiger partial charge in [0.2, 0.25) is 11.8 Å². The first-order chi connectivity index (χ1) is 12.9. The first kappa shape index (κ1) is 19.7. The number of aryl methyl sites for hydroxylation is 1. The number of piperidine rings is 1. The normalized spacial score (nSPS) is 15.3. The zero-order valence-electron chi connectivity index (χ0n) is 16.1. The molecule has 0 aliphatic carbocycles. The number of benzene rings is 1. The third kappa shape index (κ3) is 5.24. The molecular formula is C19H27N5O2S. The Kier molecular flexibility index (Phi) is 6.41. The zero-order chi connectivity index (χ0) is 19.4. The van der Waals surface area contributed by atoms with Gasteiger partial charge in [0.15, 0.2) is 5.13 Å². The lowest BCUT2D eigenvalue weighted by Gasteiger charge is -2.32. The maximum atomic E-state index is 12.4. The average Bonchev–Trinajstić information content (AvgIpc) is 3.03. The van der Waals surface area contributed by atoms with Gasteiger partial charge in [0.1, 0.15) is 0 Å². The predicted octanol–water partition coefficient (Wildman–Crippen LogP) is 1.69. The van der Waals surface area contributed by atoms with Crippen LogP contribution < -0.4 is 10.6 Å². The maximum Gasteiger partial charge on any atom is 0.245 e. The molecule has 7 nitrogen and oxygen atoms in total. The summed E-state index contributed by atoms with van der Waals surface area (Å²) < 4.78 is 1.04. The van der Waals surface area contributed by atoms with Gasteiger partial charge in [0, 0.05) is 13.1 Å². The van der Waals surface area contributed by atoms with Crippen LogP contribution >= 0.6 is 11.3 Å². The molecule has 1 aromatic carbocycles. The molecule has 1 aromatic heterocycles. The van der Waals surface area contributed by atoms with Crippen molar-refractivity contribution < 1.29 is 9.59 Å². The number of nitrogens with one attached hydrogen (secondary N) is 2. The van der Waals surface area contributed by atoms with Crippen molar-refractivity contribution in [3.05, 3.63) is 23.8 Å². The number of aromatic nitrogens is 1. The van der Waals surface area contributed by atoms with Crippen LogP contribution in [0.1, 0.15) is 18.4 Å². The molecule has 27 heavy (non-hydrogen) atoms. The lowest BCUT2D eigenvalue weighted by atomic mass is 10.1. The van der Waals surface area contributed by atoms with Crippen LogP contribution in [0, 0.1) is 6.92 Å². The van der Waals surface area contributed by atoms with Crippen LogP contribution in [-0.4, -0.2) is 72.9 Å². The van der Waals surface area contributed by atoms with Gasteiger partial charge in [-0.2, -0.15) is 0 Å². The molecule has 0 unspecified atom stereocenters. The molecule has 0 spiro atoms. The van der Waals surface area contributed by atoms with E-state index in [4.69, 9.17) is 0 Å². The molecule has 146 valence electrons. The highest BCUT2D eigenvalue weighted by molar-refractivity contribution is 7.22. The number of thiazole rings is 1. The number of hydrogen-bond donors (Lipinski definition) is 2. The van der Waals surface area contributed by atoms with Gasteiger partial charge in [-0.3, -0.25) is 14.5 Å². The van der Waals surface area contributed by atoms with Crippen molar-refractivity contribution >= 4 is 38.5 Å². The van der Waals surface area contributed by atoms with E-state index in [1.807, 2.05) is 26.1 Å². The third-order valence-corrected chi connectivity index (χ3v) is 5.85. The molecule has 0 radical (unpaired) electrons. The van der Waals surface area contributed by atoms with Crippen molar-refractivity contribution in [2.24, 2.45) is 0 Å². The number of likely N-dealkylation sites (N-methyl/N-ethyl adjacent to an activating group) is 2. The molecule has 2 aromatic rings. The van der Waals surface area contributed by atoms with E-state index in [-0.39, 0.29) is 18.4 Å². The van der Waals surface area contributed by atoms with E-state index < -0.39 is 0 Å². The number of nitrogens with zero attached hydrogens (tertiary/aromatic N) is 3. The van der Waals surface area contributed by atoms with E-state index >= 15 is 0 Å². The second-order valence-corrected chi connectivity index (χ2v) is 8.22. The Morgan fingerprint density at radius 1 is 1.26 bits per heavy atom. The van der Waals surface area contributed by atoms with Gasteiger partial charge in [0.25, 0.3) is 0 Å². The zero-order valence-corrected chi connectivity index (χ0v) is 16.9. The molecule has 1 saturated heterocycles. The van der Waals surface area contributed by atoms with Gasteiger partial charge in [0.05, 0.1) is 23.3 Å². The van der Waals surface area contributed by atoms with Crippen molar-refractivity contribution in [2.45, 2.75) is 25.8 Å². The van der Waals surface area contributed by atoms with Crippen LogP contribution in [0.4, 0.5) is 5.13 Å². The number of amides is 2. The smallest absolute Gasteiger partial charge is 0.245 e. The predicted molar refractivity (Wildman–Crippen MR) is 109 cm³/mol. The quantitative estimate of drug-likeness (QED) is 0.786. The van der Waals surface area contributed by atoms with Crippen LogP contribution in [0.3, 0.4) is 0 Å². The van der Waals surface area contributed by atoms with Crippen molar-refractivity contribution in [1.29, 1.82) is 0 Å². The molecule has 2 amide bonds. The van der Waals surface area contributed by atoms with Gasteiger partial charge in [-0.15, -0.1) is 0 Å². The van der Waals surface area contributed by atoms with Crippen molar-refractivity contribution in [3.8, 4) is 0 Å². The molecular weight excluding hydrogens is 362 g/mol. The van der Waals surface area contributed by atoms with Crippen LogP contribution in [0.15, 0.2) is 18.2 Å². The van der Waals surface area contributed by atoms with Crippen LogP contribution in [-0.2, 0) is 9.59 Å². The Hall–Kier alpha value is -2.03. The molecule has 3 rings (SSSR count). The lowest BCUT2D eigenvalue weighted by molar-refractivity contribution is -0.134. The minimum atomic E-state index is -0.230. The van der Waals surface area contributed by atoms with Gasteiger partial charge < -0.3 is 15.5 Å². The van der Waals surface area contributed by atoms with Gasteiger partial charge in [-0.05, 0) is 57.6 Å². The molecule has 0 saturated carbocycles. The number of carbonyl (C=O) groups is 2. The Bertz CT molecular complexity index is 816. The summed E-state index contributed by atoms with van der Waals surface area (Å²) in [5.41, 5.74) is 2.03. The Morgan fingerprint density at radius 3 is 2.74 bits per heavy atom. The van der Waals surface area contributed by atoms with E-state index in [2.05, 4.69) is 26.6 Å². The number of fused-ring (bicyclic) bond motifs is 1. The van der Waals surface area contributed by atoms with E-state index in [0.717, 1.165) is 41.7 Å². The molecule has 1 fully saturated rings. The first-order valence-corrected chi connectivity index (χ1v) is 10.1. The van der Waals surface area contributed by atoms with E-state index in [0.29, 0.717) is 17.7 Å². The first-order valence-electron chi connectivity index (χ1n) is 9.24. The second kappa shape index (κ2) is 8.77. The second-order valence-electron chi connectivity index (χ2n) is 7.18. The number of hydrogen-bond acceptors (Lipinski definition) is 6. The monoisotopic (exact) mass is 389 g/mol. The summed E-state index contributed by atoms with van der Waals surface area (Å²) in [4.78, 5) is 32.7. The van der Waals surface area contributed by atoms with Gasteiger partial charge in [-0.25, -0.2) is 4.98 Å². The molecule has 2 heterocycles. The lowest BCUT2D eigenvalue weighted by Crippen LogP contribution is -2.46. The standard InChI is InChI=1S/C19H27N5O2S/c1-13-4-5-15-16(10-13)27-19(21-15)22-17(25)11-24(3)18(26)12-23(2)14-6-8-20-9-7-14/h4-5,10,14,20H,6-9,11-12H2,1-3H3,(H,21,22,25). The summed E-state index contributed by atoms with van der Waals surface area (Å²) in [7, 11) is 3.64. The summed E-state index contributed by atoms with van der Waals surface area (Å²) in [5, 5.41) is 6.70. The summed E-state index contributed by atoms with van der Waals surface area (Å²) >= 11 is 1.44. The summed E-state index contributed by atoms with van der Waals surface area (Å²) in [6.07, 6.45) is 2.09. The number of anilines is 1. The van der Waals surface area contributed by atoms with Crippen LogP contribution in [0.2, 0.25) is 0 Å². The topological polar surface area (TPSA) is 77.6 Å². The minimum absolute atomic E-state index is 0.0217. The van der Waals surface area contributed by atoms with Crippen molar-refractivity contribution in [1.82, 2.24) is 20.1 Å². The minimum Gasteiger partial charge on any atom is -0.335 e. The largest absolute Gasteiger partial charge is 0.335 e. The number of rotatable bonds is 6. The fourth-order valence-corrected chi connectivity index (χ4v) is 4.24. The van der Waals surface area contributed by atoms with Crippen LogP contribution in [0.25, 0.3) is 10.2 Å².